The van der Waals surface area contributed by atoms with E-state index in [4.69, 9.17) is 0 Å². The quantitative estimate of drug-likeness (QED) is 0.496. The van der Waals surface area contributed by atoms with Crippen LogP contribution in [0.1, 0.15) is 27.2 Å². The van der Waals surface area contributed by atoms with Gasteiger partial charge >= 0.3 is 0 Å². The van der Waals surface area contributed by atoms with Crippen LogP contribution in [0.2, 0.25) is 0 Å². The Labute approximate surface area is 58.0 Å². The summed E-state index contributed by atoms with van der Waals surface area (Å²) >= 11 is 0. The second-order valence-electron chi connectivity index (χ2n) is 3.37. The molecule has 0 aliphatic heterocycles. The topological polar surface area (TPSA) is 0 Å². The van der Waals surface area contributed by atoms with Gasteiger partial charge in [-0.3, -0.25) is 0 Å². The van der Waals surface area contributed by atoms with Crippen molar-refractivity contribution in [2.75, 3.05) is 0 Å². The minimum atomic E-state index is 0.481. The van der Waals surface area contributed by atoms with Gasteiger partial charge in [-0.05, 0) is 17.3 Å². The minimum absolute atomic E-state index is 0.481. The number of allylic oxidation sites excluding steroid dienone is 1. The van der Waals surface area contributed by atoms with Gasteiger partial charge in [-0.1, -0.05) is 33.3 Å². The molecule has 0 spiro atoms. The van der Waals surface area contributed by atoms with Crippen LogP contribution < -0.4 is 0 Å². The number of rotatable bonds is 2. The van der Waals surface area contributed by atoms with E-state index >= 15 is 0 Å². The van der Waals surface area contributed by atoms with Gasteiger partial charge in [0.15, 0.2) is 0 Å². The average Bonchev–Trinajstić information content (AvgIpc) is 2.38. The molecular formula is C9H16. The molecule has 0 bridgehead atoms. The van der Waals surface area contributed by atoms with Crippen LogP contribution in [-0.4, -0.2) is 0 Å². The van der Waals surface area contributed by atoms with Crippen molar-refractivity contribution in [3.05, 3.63) is 12.7 Å². The molecule has 9 heavy (non-hydrogen) atoms. The van der Waals surface area contributed by atoms with Crippen LogP contribution in [0.15, 0.2) is 12.7 Å². The van der Waals surface area contributed by atoms with Crippen molar-refractivity contribution in [2.24, 2.45) is 17.3 Å². The van der Waals surface area contributed by atoms with Gasteiger partial charge in [0.2, 0.25) is 0 Å². The molecule has 0 saturated heterocycles. The van der Waals surface area contributed by atoms with E-state index in [1.807, 2.05) is 0 Å². The Morgan fingerprint density at radius 2 is 2.22 bits per heavy atom. The van der Waals surface area contributed by atoms with Gasteiger partial charge in [0.25, 0.3) is 0 Å². The second-order valence-corrected chi connectivity index (χ2v) is 3.37. The highest BCUT2D eigenvalue weighted by molar-refractivity contribution is 5.14. The Kier molecular flexibility index (Phi) is 1.42. The Hall–Kier alpha value is -0.260. The molecule has 0 heterocycles. The third-order valence-electron chi connectivity index (χ3n) is 3.15. The van der Waals surface area contributed by atoms with Gasteiger partial charge in [-0.15, -0.1) is 6.58 Å². The first kappa shape index (κ1) is 6.85. The van der Waals surface area contributed by atoms with Crippen molar-refractivity contribution in [2.45, 2.75) is 27.2 Å². The van der Waals surface area contributed by atoms with Gasteiger partial charge in [-0.25, -0.2) is 0 Å². The maximum Gasteiger partial charge on any atom is -0.00896 e. The normalized spacial score (nSPS) is 48.8. The molecule has 0 N–H and O–H groups in total. The lowest BCUT2D eigenvalue weighted by Gasteiger charge is -1.99. The zero-order valence-corrected chi connectivity index (χ0v) is 6.65. The molecule has 0 amide bonds. The summed E-state index contributed by atoms with van der Waals surface area (Å²) in [5.41, 5.74) is 0.481. The summed E-state index contributed by atoms with van der Waals surface area (Å²) in [6, 6.07) is 0. The van der Waals surface area contributed by atoms with Gasteiger partial charge < -0.3 is 0 Å². The first-order chi connectivity index (χ1) is 4.16. The predicted octanol–water partition coefficient (Wildman–Crippen LogP) is 2.85. The Morgan fingerprint density at radius 3 is 2.33 bits per heavy atom. The fourth-order valence-electron chi connectivity index (χ4n) is 1.99. The molecule has 3 unspecified atom stereocenters. The molecule has 0 radical (unpaired) electrons. The molecule has 0 nitrogen and oxygen atoms in total. The van der Waals surface area contributed by atoms with Gasteiger partial charge in [0, 0.05) is 0 Å². The maximum absolute atomic E-state index is 3.84. The van der Waals surface area contributed by atoms with Gasteiger partial charge in [0.05, 0.1) is 0 Å². The van der Waals surface area contributed by atoms with Crippen molar-refractivity contribution in [1.82, 2.24) is 0 Å². The summed E-state index contributed by atoms with van der Waals surface area (Å²) in [4.78, 5) is 0. The monoisotopic (exact) mass is 124 g/mol. The SMILES string of the molecule is C=CC1(C)C(C)C1CC. The number of hydrogen-bond donors (Lipinski definition) is 0. The van der Waals surface area contributed by atoms with Gasteiger partial charge in [0.1, 0.15) is 0 Å². The third kappa shape index (κ3) is 0.726. The molecule has 0 aromatic heterocycles. The zero-order chi connectivity index (χ0) is 7.07. The van der Waals surface area contributed by atoms with Crippen molar-refractivity contribution >= 4 is 0 Å². The van der Waals surface area contributed by atoms with Crippen LogP contribution >= 0.6 is 0 Å². The largest absolute Gasteiger partial charge is 0.103 e. The third-order valence-corrected chi connectivity index (χ3v) is 3.15. The second kappa shape index (κ2) is 1.86. The molecule has 1 aliphatic rings. The van der Waals surface area contributed by atoms with Crippen LogP contribution in [0, 0.1) is 17.3 Å². The lowest BCUT2D eigenvalue weighted by Crippen LogP contribution is -1.90. The van der Waals surface area contributed by atoms with Crippen LogP contribution in [0.4, 0.5) is 0 Å². The standard InChI is InChI=1S/C9H16/c1-5-8-7(3)9(8,4)6-2/h6-8H,2,5H2,1,3-4H3. The molecule has 0 aromatic carbocycles. The summed E-state index contributed by atoms with van der Waals surface area (Å²) < 4.78 is 0. The smallest absolute Gasteiger partial charge is 0.00896 e. The fourth-order valence-corrected chi connectivity index (χ4v) is 1.99. The first-order valence-corrected chi connectivity index (χ1v) is 3.80. The number of hydrogen-bond acceptors (Lipinski definition) is 0. The Morgan fingerprint density at radius 1 is 1.67 bits per heavy atom. The zero-order valence-electron chi connectivity index (χ0n) is 6.65. The first-order valence-electron chi connectivity index (χ1n) is 3.80. The highest BCUT2D eigenvalue weighted by atomic mass is 14.6. The molecule has 1 aliphatic carbocycles. The molecule has 0 aromatic rings. The van der Waals surface area contributed by atoms with E-state index in [0.29, 0.717) is 5.41 Å². The minimum Gasteiger partial charge on any atom is -0.103 e. The van der Waals surface area contributed by atoms with E-state index in [1.165, 1.54) is 6.42 Å². The van der Waals surface area contributed by atoms with Crippen LogP contribution in [0.3, 0.4) is 0 Å². The molecule has 3 atom stereocenters. The van der Waals surface area contributed by atoms with E-state index in [1.54, 1.807) is 0 Å². The molecule has 1 saturated carbocycles. The van der Waals surface area contributed by atoms with Crippen LogP contribution in [0.25, 0.3) is 0 Å². The highest BCUT2D eigenvalue weighted by Gasteiger charge is 2.54. The Balaban J connectivity index is 2.58. The van der Waals surface area contributed by atoms with Crippen molar-refractivity contribution in [3.8, 4) is 0 Å². The lowest BCUT2D eigenvalue weighted by molar-refractivity contribution is 0.608. The summed E-state index contributed by atoms with van der Waals surface area (Å²) in [5.74, 6) is 1.79. The summed E-state index contributed by atoms with van der Waals surface area (Å²) in [7, 11) is 0. The fraction of sp³-hybridized carbons (Fsp3) is 0.778. The molecular weight excluding hydrogens is 108 g/mol. The summed E-state index contributed by atoms with van der Waals surface area (Å²) in [6.45, 7) is 10.7. The molecule has 0 heteroatoms. The van der Waals surface area contributed by atoms with Crippen molar-refractivity contribution in [3.63, 3.8) is 0 Å². The molecule has 52 valence electrons. The van der Waals surface area contributed by atoms with Crippen molar-refractivity contribution < 1.29 is 0 Å². The maximum atomic E-state index is 3.84. The van der Waals surface area contributed by atoms with E-state index in [-0.39, 0.29) is 0 Å². The summed E-state index contributed by atoms with van der Waals surface area (Å²) in [5, 5.41) is 0. The average molecular weight is 124 g/mol. The molecule has 1 rings (SSSR count). The summed E-state index contributed by atoms with van der Waals surface area (Å²) in [6.07, 6.45) is 3.43. The Bertz CT molecular complexity index is 126. The van der Waals surface area contributed by atoms with E-state index in [2.05, 4.69) is 33.4 Å². The van der Waals surface area contributed by atoms with E-state index < -0.39 is 0 Å². The van der Waals surface area contributed by atoms with Crippen molar-refractivity contribution in [1.29, 1.82) is 0 Å². The molecule has 1 fully saturated rings. The lowest BCUT2D eigenvalue weighted by atomic mass is 10.1. The van der Waals surface area contributed by atoms with E-state index in [0.717, 1.165) is 11.8 Å². The van der Waals surface area contributed by atoms with Gasteiger partial charge in [-0.2, -0.15) is 0 Å². The highest BCUT2D eigenvalue weighted by Crippen LogP contribution is 2.60. The van der Waals surface area contributed by atoms with Crippen LogP contribution in [0.5, 0.6) is 0 Å². The van der Waals surface area contributed by atoms with Crippen LogP contribution in [-0.2, 0) is 0 Å². The van der Waals surface area contributed by atoms with E-state index in [9.17, 15) is 0 Å². The predicted molar refractivity (Wildman–Crippen MR) is 41.2 cm³/mol.